The van der Waals surface area contributed by atoms with Crippen molar-refractivity contribution in [2.75, 3.05) is 5.32 Å². The molecule has 1 aliphatic carbocycles. The number of benzene rings is 1. The average Bonchev–Trinajstić information content (AvgIpc) is 3.34. The first-order valence-corrected chi connectivity index (χ1v) is 9.17. The van der Waals surface area contributed by atoms with Crippen LogP contribution in [0.25, 0.3) is 10.2 Å². The lowest BCUT2D eigenvalue weighted by Gasteiger charge is -2.11. The highest BCUT2D eigenvalue weighted by molar-refractivity contribution is 7.19. The van der Waals surface area contributed by atoms with Crippen molar-refractivity contribution >= 4 is 33.1 Å². The highest BCUT2D eigenvalue weighted by Gasteiger charge is 2.27. The highest BCUT2D eigenvalue weighted by Crippen LogP contribution is 2.35. The molecule has 5 nitrogen and oxygen atoms in total. The Kier molecular flexibility index (Phi) is 3.72. The van der Waals surface area contributed by atoms with Crippen molar-refractivity contribution in [1.29, 1.82) is 0 Å². The molecule has 0 saturated heterocycles. The number of fused-ring (bicyclic) bond motifs is 1. The van der Waals surface area contributed by atoms with Crippen molar-refractivity contribution in [3.05, 3.63) is 56.4 Å². The number of hydrogen-bond donors (Lipinski definition) is 1. The van der Waals surface area contributed by atoms with Crippen LogP contribution in [0, 0.1) is 20.8 Å². The van der Waals surface area contributed by atoms with Gasteiger partial charge >= 0.3 is 0 Å². The summed E-state index contributed by atoms with van der Waals surface area (Å²) < 4.78 is 2.27. The number of aromatic nitrogens is 2. The Bertz CT molecular complexity index is 1040. The summed E-state index contributed by atoms with van der Waals surface area (Å²) in [5, 5.41) is 3.00. The molecule has 0 spiro atoms. The zero-order chi connectivity index (χ0) is 17.7. The summed E-state index contributed by atoms with van der Waals surface area (Å²) in [6.45, 7) is 5.80. The van der Waals surface area contributed by atoms with Crippen LogP contribution in [0.4, 0.5) is 5.69 Å². The van der Waals surface area contributed by atoms with E-state index in [-0.39, 0.29) is 17.5 Å². The molecule has 0 unspecified atom stereocenters. The van der Waals surface area contributed by atoms with E-state index in [2.05, 4.69) is 10.3 Å². The Morgan fingerprint density at radius 3 is 2.56 bits per heavy atom. The molecule has 1 N–H and O–H groups in total. The molecule has 128 valence electrons. The van der Waals surface area contributed by atoms with E-state index in [0.29, 0.717) is 15.8 Å². The van der Waals surface area contributed by atoms with Crippen molar-refractivity contribution in [3.8, 4) is 0 Å². The van der Waals surface area contributed by atoms with Gasteiger partial charge in [0.25, 0.3) is 11.5 Å². The second-order valence-electron chi connectivity index (χ2n) is 6.62. The molecule has 0 aliphatic heterocycles. The van der Waals surface area contributed by atoms with E-state index in [1.165, 1.54) is 11.3 Å². The average molecular weight is 353 g/mol. The summed E-state index contributed by atoms with van der Waals surface area (Å²) in [5.74, 6) is -0.211. The zero-order valence-electron chi connectivity index (χ0n) is 14.4. The number of carbonyl (C=O) groups excluding carboxylic acids is 1. The minimum atomic E-state index is -0.211. The Morgan fingerprint density at radius 1 is 1.24 bits per heavy atom. The van der Waals surface area contributed by atoms with Gasteiger partial charge in [-0.05, 0) is 44.7 Å². The SMILES string of the molecule is Cc1cccc(C)c1NC(=O)c1c(C)sc2c(=O)n(C3CC3)cnc12. The molecule has 1 aliphatic rings. The first-order valence-electron chi connectivity index (χ1n) is 8.35. The van der Waals surface area contributed by atoms with Crippen LogP contribution in [-0.2, 0) is 0 Å². The molecule has 0 radical (unpaired) electrons. The fraction of sp³-hybridized carbons (Fsp3) is 0.316. The summed E-state index contributed by atoms with van der Waals surface area (Å²) in [6.07, 6.45) is 3.64. The molecule has 2 heterocycles. The van der Waals surface area contributed by atoms with Gasteiger partial charge in [0.15, 0.2) is 0 Å². The van der Waals surface area contributed by atoms with E-state index in [1.807, 2.05) is 39.0 Å². The number of para-hydroxylation sites is 1. The molecular formula is C19H19N3O2S. The number of aryl methyl sites for hydroxylation is 3. The van der Waals surface area contributed by atoms with Gasteiger partial charge in [0.1, 0.15) is 10.2 Å². The standard InChI is InChI=1S/C19H19N3O2S/c1-10-5-4-6-11(2)15(10)21-18(23)14-12(3)25-17-16(14)20-9-22(19(17)24)13-7-8-13/h4-6,9,13H,7-8H2,1-3H3,(H,21,23). The third kappa shape index (κ3) is 2.66. The van der Waals surface area contributed by atoms with Crippen molar-refractivity contribution in [3.63, 3.8) is 0 Å². The lowest BCUT2D eigenvalue weighted by atomic mass is 10.1. The number of nitrogens with one attached hydrogen (secondary N) is 1. The molecule has 1 aromatic carbocycles. The van der Waals surface area contributed by atoms with Crippen LogP contribution in [0.5, 0.6) is 0 Å². The lowest BCUT2D eigenvalue weighted by Crippen LogP contribution is -2.19. The van der Waals surface area contributed by atoms with Crippen LogP contribution in [0.1, 0.15) is 45.2 Å². The minimum Gasteiger partial charge on any atom is -0.321 e. The van der Waals surface area contributed by atoms with Gasteiger partial charge in [-0.3, -0.25) is 14.2 Å². The Balaban J connectivity index is 1.78. The van der Waals surface area contributed by atoms with Crippen LogP contribution in [0.15, 0.2) is 29.3 Å². The molecule has 4 rings (SSSR count). The third-order valence-electron chi connectivity index (χ3n) is 4.69. The van der Waals surface area contributed by atoms with E-state index in [0.717, 1.165) is 34.5 Å². The zero-order valence-corrected chi connectivity index (χ0v) is 15.2. The Hall–Kier alpha value is -2.47. The maximum Gasteiger partial charge on any atom is 0.271 e. The van der Waals surface area contributed by atoms with Gasteiger partial charge in [-0.1, -0.05) is 18.2 Å². The second kappa shape index (κ2) is 5.81. The van der Waals surface area contributed by atoms with E-state index in [4.69, 9.17) is 0 Å². The predicted molar refractivity (Wildman–Crippen MR) is 101 cm³/mol. The largest absolute Gasteiger partial charge is 0.321 e. The highest BCUT2D eigenvalue weighted by atomic mass is 32.1. The molecule has 2 aromatic heterocycles. The first kappa shape index (κ1) is 16.0. The van der Waals surface area contributed by atoms with Crippen LogP contribution < -0.4 is 10.9 Å². The molecule has 0 bridgehead atoms. The van der Waals surface area contributed by atoms with Crippen LogP contribution >= 0.6 is 11.3 Å². The summed E-state index contributed by atoms with van der Waals surface area (Å²) in [7, 11) is 0. The van der Waals surface area contributed by atoms with E-state index in [9.17, 15) is 9.59 Å². The number of nitrogens with zero attached hydrogens (tertiary/aromatic N) is 2. The van der Waals surface area contributed by atoms with Gasteiger partial charge in [0, 0.05) is 16.6 Å². The number of amides is 1. The summed E-state index contributed by atoms with van der Waals surface area (Å²) in [4.78, 5) is 30.8. The number of carbonyl (C=O) groups is 1. The van der Waals surface area contributed by atoms with E-state index in [1.54, 1.807) is 10.9 Å². The van der Waals surface area contributed by atoms with E-state index >= 15 is 0 Å². The van der Waals surface area contributed by atoms with Gasteiger partial charge in [-0.25, -0.2) is 4.98 Å². The van der Waals surface area contributed by atoms with E-state index < -0.39 is 0 Å². The predicted octanol–water partition coefficient (Wildman–Crippen LogP) is 3.97. The molecular weight excluding hydrogens is 334 g/mol. The Labute approximate surface area is 149 Å². The summed E-state index contributed by atoms with van der Waals surface area (Å²) in [6, 6.07) is 6.17. The van der Waals surface area contributed by atoms with Crippen molar-refractivity contribution in [2.45, 2.75) is 39.7 Å². The van der Waals surface area contributed by atoms with Crippen molar-refractivity contribution < 1.29 is 4.79 Å². The molecule has 6 heteroatoms. The van der Waals surface area contributed by atoms with Gasteiger partial charge < -0.3 is 5.32 Å². The molecule has 1 fully saturated rings. The Morgan fingerprint density at radius 2 is 1.92 bits per heavy atom. The monoisotopic (exact) mass is 353 g/mol. The fourth-order valence-electron chi connectivity index (χ4n) is 3.16. The van der Waals surface area contributed by atoms with Gasteiger partial charge in [0.2, 0.25) is 0 Å². The van der Waals surface area contributed by atoms with Crippen molar-refractivity contribution in [2.24, 2.45) is 0 Å². The number of rotatable bonds is 3. The quantitative estimate of drug-likeness (QED) is 0.775. The van der Waals surface area contributed by atoms with Gasteiger partial charge in [-0.2, -0.15) is 0 Å². The maximum atomic E-state index is 12.9. The molecule has 3 aromatic rings. The van der Waals surface area contributed by atoms with Crippen molar-refractivity contribution in [1.82, 2.24) is 9.55 Å². The van der Waals surface area contributed by atoms with Crippen LogP contribution in [-0.4, -0.2) is 15.5 Å². The topological polar surface area (TPSA) is 64.0 Å². The fourth-order valence-corrected chi connectivity index (χ4v) is 4.20. The third-order valence-corrected chi connectivity index (χ3v) is 5.77. The molecule has 1 amide bonds. The molecule has 1 saturated carbocycles. The first-order chi connectivity index (χ1) is 12.0. The number of anilines is 1. The van der Waals surface area contributed by atoms with Gasteiger partial charge in [0.05, 0.1) is 11.9 Å². The molecule has 25 heavy (non-hydrogen) atoms. The minimum absolute atomic E-state index is 0.0354. The van der Waals surface area contributed by atoms with Crippen LogP contribution in [0.2, 0.25) is 0 Å². The number of hydrogen-bond acceptors (Lipinski definition) is 4. The second-order valence-corrected chi connectivity index (χ2v) is 7.84. The van der Waals surface area contributed by atoms with Crippen LogP contribution in [0.3, 0.4) is 0 Å². The normalized spacial score (nSPS) is 14.0. The van der Waals surface area contributed by atoms with Gasteiger partial charge in [-0.15, -0.1) is 11.3 Å². The molecule has 0 atom stereocenters. The summed E-state index contributed by atoms with van der Waals surface area (Å²) in [5.41, 5.74) is 3.81. The smallest absolute Gasteiger partial charge is 0.271 e. The number of thiophene rings is 1. The lowest BCUT2D eigenvalue weighted by molar-refractivity contribution is 0.102. The maximum absolute atomic E-state index is 12.9. The summed E-state index contributed by atoms with van der Waals surface area (Å²) >= 11 is 1.36.